The summed E-state index contributed by atoms with van der Waals surface area (Å²) in [4.78, 5) is 11.5. The monoisotopic (exact) mass is 264 g/mol. The van der Waals surface area contributed by atoms with Crippen LogP contribution in [-0.4, -0.2) is 57.7 Å². The van der Waals surface area contributed by atoms with Crippen molar-refractivity contribution in [1.29, 1.82) is 0 Å². The van der Waals surface area contributed by atoms with E-state index in [0.29, 0.717) is 19.6 Å². The van der Waals surface area contributed by atoms with Crippen molar-refractivity contribution in [2.75, 3.05) is 33.1 Å². The number of sulfonamides is 1. The molecular formula is C10H20N2O4S. The van der Waals surface area contributed by atoms with Crippen LogP contribution >= 0.6 is 0 Å². The molecule has 0 radical (unpaired) electrons. The lowest BCUT2D eigenvalue weighted by Gasteiger charge is -2.19. The lowest BCUT2D eigenvalue weighted by atomic mass is 10.4. The Kier molecular flexibility index (Phi) is 5.35. The van der Waals surface area contributed by atoms with E-state index in [1.165, 1.54) is 4.31 Å². The van der Waals surface area contributed by atoms with Crippen LogP contribution in [0, 0.1) is 0 Å². The zero-order chi connectivity index (χ0) is 12.9. The molecule has 0 spiro atoms. The fourth-order valence-electron chi connectivity index (χ4n) is 1.41. The molecule has 0 aromatic carbocycles. The summed E-state index contributed by atoms with van der Waals surface area (Å²) in [6.07, 6.45) is 3.69. The molecule has 0 unspecified atom stereocenters. The maximum atomic E-state index is 11.5. The van der Waals surface area contributed by atoms with E-state index < -0.39 is 10.0 Å². The summed E-state index contributed by atoms with van der Waals surface area (Å²) in [5.41, 5.74) is 0. The lowest BCUT2D eigenvalue weighted by Crippen LogP contribution is -2.41. The van der Waals surface area contributed by atoms with E-state index in [9.17, 15) is 13.2 Å². The van der Waals surface area contributed by atoms with Crippen molar-refractivity contribution in [2.24, 2.45) is 0 Å². The first-order valence-electron chi connectivity index (χ1n) is 5.67. The molecule has 0 aliphatic heterocycles. The van der Waals surface area contributed by atoms with Gasteiger partial charge in [-0.3, -0.25) is 4.79 Å². The zero-order valence-electron chi connectivity index (χ0n) is 10.3. The molecule has 1 fully saturated rings. The van der Waals surface area contributed by atoms with Crippen LogP contribution in [0.25, 0.3) is 0 Å². The highest BCUT2D eigenvalue weighted by Crippen LogP contribution is 2.18. The van der Waals surface area contributed by atoms with Gasteiger partial charge in [-0.15, -0.1) is 0 Å². The zero-order valence-corrected chi connectivity index (χ0v) is 11.1. The smallest absolute Gasteiger partial charge is 0.235 e. The molecule has 1 saturated carbocycles. The maximum Gasteiger partial charge on any atom is 0.235 e. The minimum atomic E-state index is -3.34. The van der Waals surface area contributed by atoms with Crippen LogP contribution in [-0.2, 0) is 19.6 Å². The third-order valence-corrected chi connectivity index (χ3v) is 3.74. The average Bonchev–Trinajstić information content (AvgIpc) is 2.99. The summed E-state index contributed by atoms with van der Waals surface area (Å²) in [5.74, 6) is -0.227. The van der Waals surface area contributed by atoms with E-state index >= 15 is 0 Å². The Balaban J connectivity index is 2.41. The number of amides is 1. The highest BCUT2D eigenvalue weighted by Gasteiger charge is 2.26. The molecule has 6 nitrogen and oxygen atoms in total. The van der Waals surface area contributed by atoms with Crippen molar-refractivity contribution in [2.45, 2.75) is 25.3 Å². The number of methoxy groups -OCH3 is 1. The van der Waals surface area contributed by atoms with E-state index in [1.807, 2.05) is 0 Å². The third-order valence-electron chi connectivity index (χ3n) is 2.49. The minimum absolute atomic E-state index is 0.0982. The quantitative estimate of drug-likeness (QED) is 0.603. The van der Waals surface area contributed by atoms with Crippen molar-refractivity contribution in [3.8, 4) is 0 Å². The van der Waals surface area contributed by atoms with Crippen LogP contribution in [0.1, 0.15) is 19.3 Å². The molecule has 1 amide bonds. The normalized spacial score (nSPS) is 16.2. The lowest BCUT2D eigenvalue weighted by molar-refractivity contribution is -0.121. The van der Waals surface area contributed by atoms with E-state index in [4.69, 9.17) is 4.74 Å². The van der Waals surface area contributed by atoms with Gasteiger partial charge in [-0.25, -0.2) is 8.42 Å². The fraction of sp³-hybridized carbons (Fsp3) is 0.900. The molecule has 1 aliphatic carbocycles. The Morgan fingerprint density at radius 2 is 2.12 bits per heavy atom. The molecule has 1 aliphatic rings. The highest BCUT2D eigenvalue weighted by atomic mass is 32.2. The van der Waals surface area contributed by atoms with Gasteiger partial charge in [0.1, 0.15) is 0 Å². The average molecular weight is 264 g/mol. The van der Waals surface area contributed by atoms with Crippen molar-refractivity contribution in [3.63, 3.8) is 0 Å². The number of hydrogen-bond donors (Lipinski definition) is 1. The molecule has 1 N–H and O–H groups in total. The fourth-order valence-corrected chi connectivity index (χ4v) is 2.22. The van der Waals surface area contributed by atoms with Gasteiger partial charge in [0.05, 0.1) is 12.8 Å². The molecule has 0 bridgehead atoms. The summed E-state index contributed by atoms with van der Waals surface area (Å²) in [5, 5.41) is 2.77. The number of carbonyl (C=O) groups excluding carboxylic acids is 1. The Morgan fingerprint density at radius 3 is 2.59 bits per heavy atom. The first kappa shape index (κ1) is 14.4. The van der Waals surface area contributed by atoms with Gasteiger partial charge < -0.3 is 10.1 Å². The Labute approximate surface area is 102 Å². The number of ether oxygens (including phenoxy) is 1. The predicted molar refractivity (Wildman–Crippen MR) is 64.1 cm³/mol. The Morgan fingerprint density at radius 1 is 1.47 bits per heavy atom. The van der Waals surface area contributed by atoms with Gasteiger partial charge in [0.2, 0.25) is 15.9 Å². The van der Waals surface area contributed by atoms with Gasteiger partial charge in [0.25, 0.3) is 0 Å². The highest BCUT2D eigenvalue weighted by molar-refractivity contribution is 7.88. The van der Waals surface area contributed by atoms with Crippen LogP contribution in [0.15, 0.2) is 0 Å². The van der Waals surface area contributed by atoms with Gasteiger partial charge in [-0.2, -0.15) is 4.31 Å². The number of nitrogens with zero attached hydrogens (tertiary/aromatic N) is 1. The molecule has 17 heavy (non-hydrogen) atoms. The van der Waals surface area contributed by atoms with Crippen LogP contribution in [0.2, 0.25) is 0 Å². The molecule has 0 aromatic rings. The van der Waals surface area contributed by atoms with Crippen molar-refractivity contribution in [3.05, 3.63) is 0 Å². The molecule has 7 heteroatoms. The Bertz CT molecular complexity index is 351. The Hall–Kier alpha value is -0.660. The van der Waals surface area contributed by atoms with Crippen LogP contribution in [0.3, 0.4) is 0 Å². The van der Waals surface area contributed by atoms with E-state index in [-0.39, 0.29) is 18.5 Å². The number of carbonyl (C=O) groups is 1. The molecule has 0 aromatic heterocycles. The van der Waals surface area contributed by atoms with E-state index in [1.54, 1.807) is 7.11 Å². The SMILES string of the molecule is COCCCN(CC(=O)NC1CC1)S(C)(=O)=O. The van der Waals surface area contributed by atoms with Crippen molar-refractivity contribution in [1.82, 2.24) is 9.62 Å². The molecule has 1 rings (SSSR count). The summed E-state index contributed by atoms with van der Waals surface area (Å²) in [6.45, 7) is 0.695. The van der Waals surface area contributed by atoms with E-state index in [0.717, 1.165) is 19.1 Å². The van der Waals surface area contributed by atoms with Gasteiger partial charge in [-0.05, 0) is 19.3 Å². The summed E-state index contributed by atoms with van der Waals surface area (Å²) in [6, 6.07) is 0.253. The first-order chi connectivity index (χ1) is 7.93. The maximum absolute atomic E-state index is 11.5. The van der Waals surface area contributed by atoms with Crippen molar-refractivity contribution >= 4 is 15.9 Å². The van der Waals surface area contributed by atoms with Gasteiger partial charge in [0, 0.05) is 26.3 Å². The van der Waals surface area contributed by atoms with Gasteiger partial charge in [0.15, 0.2) is 0 Å². The van der Waals surface area contributed by atoms with Crippen molar-refractivity contribution < 1.29 is 17.9 Å². The van der Waals surface area contributed by atoms with Gasteiger partial charge >= 0.3 is 0 Å². The minimum Gasteiger partial charge on any atom is -0.385 e. The second kappa shape index (κ2) is 6.32. The molecular weight excluding hydrogens is 244 g/mol. The van der Waals surface area contributed by atoms with E-state index in [2.05, 4.69) is 5.32 Å². The number of nitrogens with one attached hydrogen (secondary N) is 1. The standard InChI is InChI=1S/C10H20N2O4S/c1-16-7-3-6-12(17(2,14)15)8-10(13)11-9-4-5-9/h9H,3-8H2,1-2H3,(H,11,13). The van der Waals surface area contributed by atoms with Crippen LogP contribution < -0.4 is 5.32 Å². The topological polar surface area (TPSA) is 75.7 Å². The third kappa shape index (κ3) is 5.99. The second-order valence-corrected chi connectivity index (χ2v) is 6.27. The molecule has 0 saturated heterocycles. The predicted octanol–water partition coefficient (Wildman–Crippen LogP) is -0.437. The largest absolute Gasteiger partial charge is 0.385 e. The van der Waals surface area contributed by atoms with Crippen LogP contribution in [0.4, 0.5) is 0 Å². The second-order valence-electron chi connectivity index (χ2n) is 4.28. The van der Waals surface area contributed by atoms with Crippen LogP contribution in [0.5, 0.6) is 0 Å². The van der Waals surface area contributed by atoms with Gasteiger partial charge in [-0.1, -0.05) is 0 Å². The molecule has 100 valence electrons. The molecule has 0 heterocycles. The molecule has 0 atom stereocenters. The summed E-state index contributed by atoms with van der Waals surface area (Å²) < 4.78 is 29.0. The first-order valence-corrected chi connectivity index (χ1v) is 7.51. The summed E-state index contributed by atoms with van der Waals surface area (Å²) >= 11 is 0. The number of hydrogen-bond acceptors (Lipinski definition) is 4. The summed E-state index contributed by atoms with van der Waals surface area (Å²) in [7, 11) is -1.78. The number of rotatable bonds is 8.